The van der Waals surface area contributed by atoms with Crippen LogP contribution in [0.2, 0.25) is 0 Å². The van der Waals surface area contributed by atoms with Crippen molar-refractivity contribution >= 4 is 11.7 Å². The van der Waals surface area contributed by atoms with Gasteiger partial charge in [-0.2, -0.15) is 0 Å². The third kappa shape index (κ3) is 3.71. The summed E-state index contributed by atoms with van der Waals surface area (Å²) in [4.78, 5) is 16.7. The van der Waals surface area contributed by atoms with Crippen molar-refractivity contribution in [1.82, 2.24) is 10.3 Å². The Morgan fingerprint density at radius 2 is 2.20 bits per heavy atom. The van der Waals surface area contributed by atoms with Crippen LogP contribution >= 0.6 is 0 Å². The van der Waals surface area contributed by atoms with E-state index in [9.17, 15) is 4.79 Å². The van der Waals surface area contributed by atoms with Crippen molar-refractivity contribution in [3.05, 3.63) is 23.4 Å². The molecule has 1 aromatic heterocycles. The van der Waals surface area contributed by atoms with E-state index < -0.39 is 0 Å². The first-order valence-electron chi connectivity index (χ1n) is 7.43. The van der Waals surface area contributed by atoms with Gasteiger partial charge in [0, 0.05) is 23.8 Å². The number of hydrogen-bond acceptors (Lipinski definition) is 3. The van der Waals surface area contributed by atoms with Gasteiger partial charge in [0.25, 0.3) is 5.91 Å². The number of aromatic nitrogens is 1. The summed E-state index contributed by atoms with van der Waals surface area (Å²) in [7, 11) is 0. The molecule has 0 bridgehead atoms. The van der Waals surface area contributed by atoms with Gasteiger partial charge in [-0.05, 0) is 50.7 Å². The summed E-state index contributed by atoms with van der Waals surface area (Å²) in [6.07, 6.45) is 3.31. The van der Waals surface area contributed by atoms with Crippen molar-refractivity contribution in [3.63, 3.8) is 0 Å². The zero-order valence-corrected chi connectivity index (χ0v) is 12.9. The SMILES string of the molecule is CCNc1cc(C(=O)NC2CCC(C)(C)C2)cc(C)n1. The Hall–Kier alpha value is -1.58. The highest BCUT2D eigenvalue weighted by atomic mass is 16.1. The van der Waals surface area contributed by atoms with Gasteiger partial charge in [0.15, 0.2) is 0 Å². The number of carbonyl (C=O) groups excluding carboxylic acids is 1. The number of anilines is 1. The zero-order valence-electron chi connectivity index (χ0n) is 12.9. The molecule has 1 aliphatic rings. The predicted molar refractivity (Wildman–Crippen MR) is 82.0 cm³/mol. The van der Waals surface area contributed by atoms with E-state index in [1.807, 2.05) is 26.0 Å². The molecular weight excluding hydrogens is 250 g/mol. The number of aryl methyl sites for hydroxylation is 1. The quantitative estimate of drug-likeness (QED) is 0.887. The van der Waals surface area contributed by atoms with Gasteiger partial charge < -0.3 is 10.6 Å². The molecule has 1 aliphatic carbocycles. The predicted octanol–water partition coefficient (Wildman–Crippen LogP) is 3.13. The second-order valence-corrected chi connectivity index (χ2v) is 6.49. The number of nitrogens with zero attached hydrogens (tertiary/aromatic N) is 1. The lowest BCUT2D eigenvalue weighted by Gasteiger charge is -2.18. The molecule has 1 aromatic rings. The fourth-order valence-corrected chi connectivity index (χ4v) is 2.90. The Labute approximate surface area is 121 Å². The monoisotopic (exact) mass is 275 g/mol. The highest BCUT2D eigenvalue weighted by Crippen LogP contribution is 2.36. The molecule has 0 saturated heterocycles. The molecular formula is C16H25N3O. The topological polar surface area (TPSA) is 54.0 Å². The maximum Gasteiger partial charge on any atom is 0.251 e. The van der Waals surface area contributed by atoms with Crippen molar-refractivity contribution in [2.45, 2.75) is 53.0 Å². The van der Waals surface area contributed by atoms with Crippen molar-refractivity contribution < 1.29 is 4.79 Å². The average Bonchev–Trinajstić information content (AvgIpc) is 2.68. The van der Waals surface area contributed by atoms with E-state index >= 15 is 0 Å². The van der Waals surface area contributed by atoms with Gasteiger partial charge in [0.05, 0.1) is 0 Å². The van der Waals surface area contributed by atoms with Gasteiger partial charge in [-0.3, -0.25) is 4.79 Å². The molecule has 1 atom stereocenters. The lowest BCUT2D eigenvalue weighted by Crippen LogP contribution is -2.33. The summed E-state index contributed by atoms with van der Waals surface area (Å²) in [6.45, 7) is 9.26. The van der Waals surface area contributed by atoms with Gasteiger partial charge in [-0.25, -0.2) is 4.98 Å². The van der Waals surface area contributed by atoms with Crippen LogP contribution < -0.4 is 10.6 Å². The van der Waals surface area contributed by atoms with Crippen LogP contribution in [0.1, 0.15) is 56.1 Å². The normalized spacial score (nSPS) is 20.7. The lowest BCUT2D eigenvalue weighted by atomic mass is 9.92. The molecule has 2 N–H and O–H groups in total. The van der Waals surface area contributed by atoms with E-state index in [1.165, 1.54) is 6.42 Å². The van der Waals surface area contributed by atoms with Gasteiger partial charge in [-0.15, -0.1) is 0 Å². The van der Waals surface area contributed by atoms with E-state index in [2.05, 4.69) is 29.5 Å². The third-order valence-electron chi connectivity index (χ3n) is 3.88. The second kappa shape index (κ2) is 5.81. The third-order valence-corrected chi connectivity index (χ3v) is 3.88. The molecule has 20 heavy (non-hydrogen) atoms. The molecule has 1 saturated carbocycles. The maximum atomic E-state index is 12.4. The Balaban J connectivity index is 2.05. The van der Waals surface area contributed by atoms with Gasteiger partial charge in [-0.1, -0.05) is 13.8 Å². The molecule has 0 spiro atoms. The van der Waals surface area contributed by atoms with Crippen molar-refractivity contribution in [2.75, 3.05) is 11.9 Å². The van der Waals surface area contributed by atoms with Gasteiger partial charge >= 0.3 is 0 Å². The summed E-state index contributed by atoms with van der Waals surface area (Å²) in [5.41, 5.74) is 1.90. The summed E-state index contributed by atoms with van der Waals surface area (Å²) in [5, 5.41) is 6.31. The molecule has 1 unspecified atom stereocenters. The summed E-state index contributed by atoms with van der Waals surface area (Å²) in [6, 6.07) is 3.97. The molecule has 1 heterocycles. The van der Waals surface area contributed by atoms with Gasteiger partial charge in [0.2, 0.25) is 0 Å². The van der Waals surface area contributed by atoms with Crippen LogP contribution in [0.5, 0.6) is 0 Å². The van der Waals surface area contributed by atoms with Crippen molar-refractivity contribution in [3.8, 4) is 0 Å². The first-order valence-corrected chi connectivity index (χ1v) is 7.43. The fraction of sp³-hybridized carbons (Fsp3) is 0.625. The van der Waals surface area contributed by atoms with Crippen LogP contribution in [0, 0.1) is 12.3 Å². The average molecular weight is 275 g/mol. The number of hydrogen-bond donors (Lipinski definition) is 2. The molecule has 4 nitrogen and oxygen atoms in total. The van der Waals surface area contributed by atoms with Crippen LogP contribution in [-0.2, 0) is 0 Å². The number of rotatable bonds is 4. The van der Waals surface area contributed by atoms with E-state index in [0.29, 0.717) is 17.0 Å². The van der Waals surface area contributed by atoms with Crippen molar-refractivity contribution in [2.24, 2.45) is 5.41 Å². The Morgan fingerprint density at radius 1 is 1.45 bits per heavy atom. The number of carbonyl (C=O) groups is 1. The van der Waals surface area contributed by atoms with E-state index in [0.717, 1.165) is 30.9 Å². The minimum absolute atomic E-state index is 0.0114. The van der Waals surface area contributed by atoms with E-state index in [4.69, 9.17) is 0 Å². The lowest BCUT2D eigenvalue weighted by molar-refractivity contribution is 0.0936. The molecule has 0 aliphatic heterocycles. The first kappa shape index (κ1) is 14.8. The van der Waals surface area contributed by atoms with Crippen LogP contribution in [0.15, 0.2) is 12.1 Å². The first-order chi connectivity index (χ1) is 9.39. The largest absolute Gasteiger partial charge is 0.370 e. The minimum Gasteiger partial charge on any atom is -0.370 e. The molecule has 0 radical (unpaired) electrons. The molecule has 0 aromatic carbocycles. The highest BCUT2D eigenvalue weighted by Gasteiger charge is 2.31. The summed E-state index contributed by atoms with van der Waals surface area (Å²) >= 11 is 0. The highest BCUT2D eigenvalue weighted by molar-refractivity contribution is 5.95. The van der Waals surface area contributed by atoms with Crippen molar-refractivity contribution in [1.29, 1.82) is 0 Å². The second-order valence-electron chi connectivity index (χ2n) is 6.49. The summed E-state index contributed by atoms with van der Waals surface area (Å²) < 4.78 is 0. The Kier molecular flexibility index (Phi) is 4.31. The number of amides is 1. The zero-order chi connectivity index (χ0) is 14.8. The Morgan fingerprint density at radius 3 is 2.80 bits per heavy atom. The minimum atomic E-state index is 0.0114. The number of pyridine rings is 1. The molecule has 4 heteroatoms. The van der Waals surface area contributed by atoms with E-state index in [-0.39, 0.29) is 5.91 Å². The molecule has 2 rings (SSSR count). The van der Waals surface area contributed by atoms with E-state index in [1.54, 1.807) is 0 Å². The number of nitrogens with one attached hydrogen (secondary N) is 2. The summed E-state index contributed by atoms with van der Waals surface area (Å²) in [5.74, 6) is 0.779. The molecule has 1 amide bonds. The van der Waals surface area contributed by atoms with Crippen LogP contribution in [0.4, 0.5) is 5.82 Å². The standard InChI is InChI=1S/C16H25N3O/c1-5-17-14-9-12(8-11(2)18-14)15(20)19-13-6-7-16(3,4)10-13/h8-9,13H,5-7,10H2,1-4H3,(H,17,18)(H,19,20). The maximum absolute atomic E-state index is 12.4. The Bertz CT molecular complexity index is 496. The molecule has 1 fully saturated rings. The molecule has 110 valence electrons. The van der Waals surface area contributed by atoms with Crippen LogP contribution in [-0.4, -0.2) is 23.5 Å². The van der Waals surface area contributed by atoms with Crippen LogP contribution in [0.25, 0.3) is 0 Å². The van der Waals surface area contributed by atoms with Gasteiger partial charge in [0.1, 0.15) is 5.82 Å². The van der Waals surface area contributed by atoms with Crippen LogP contribution in [0.3, 0.4) is 0 Å². The smallest absolute Gasteiger partial charge is 0.251 e. The fourth-order valence-electron chi connectivity index (χ4n) is 2.90.